The Morgan fingerprint density at radius 1 is 1.08 bits per heavy atom. The highest BCUT2D eigenvalue weighted by Crippen LogP contribution is 2.42. The van der Waals surface area contributed by atoms with E-state index in [2.05, 4.69) is 15.5 Å². The molecule has 1 aromatic carbocycles. The minimum atomic E-state index is -0.631. The van der Waals surface area contributed by atoms with Crippen LogP contribution in [0.15, 0.2) is 48.7 Å². The second-order valence-electron chi connectivity index (χ2n) is 6.20. The van der Waals surface area contributed by atoms with Crippen LogP contribution in [0.5, 0.6) is 0 Å². The van der Waals surface area contributed by atoms with Crippen molar-refractivity contribution in [3.05, 3.63) is 60.0 Å². The van der Waals surface area contributed by atoms with Crippen LogP contribution < -0.4 is 5.32 Å². The molecule has 1 N–H and O–H groups in total. The molecule has 4 rings (SSSR count). The van der Waals surface area contributed by atoms with E-state index in [4.69, 9.17) is 0 Å². The highest BCUT2D eigenvalue weighted by atomic mass is 19.1. The van der Waals surface area contributed by atoms with Crippen LogP contribution in [0.25, 0.3) is 5.65 Å². The maximum atomic E-state index is 13.3. The minimum absolute atomic E-state index is 0.107. The van der Waals surface area contributed by atoms with Crippen LogP contribution >= 0.6 is 0 Å². The van der Waals surface area contributed by atoms with Crippen molar-refractivity contribution in [1.82, 2.24) is 14.6 Å². The number of hydrogen-bond donors (Lipinski definition) is 1. The van der Waals surface area contributed by atoms with Crippen LogP contribution in [0.1, 0.15) is 31.2 Å². The van der Waals surface area contributed by atoms with Crippen LogP contribution in [0.4, 0.5) is 10.3 Å². The zero-order valence-electron chi connectivity index (χ0n) is 13.1. The van der Waals surface area contributed by atoms with Gasteiger partial charge in [0.1, 0.15) is 5.82 Å². The number of rotatable bonds is 3. The van der Waals surface area contributed by atoms with E-state index < -0.39 is 5.41 Å². The van der Waals surface area contributed by atoms with Crippen molar-refractivity contribution in [2.24, 2.45) is 0 Å². The van der Waals surface area contributed by atoms with Crippen molar-refractivity contribution in [1.29, 1.82) is 0 Å². The molecule has 0 spiro atoms. The van der Waals surface area contributed by atoms with E-state index in [0.29, 0.717) is 11.6 Å². The first-order chi connectivity index (χ1) is 11.7. The Bertz CT molecular complexity index is 881. The second kappa shape index (κ2) is 5.70. The third kappa shape index (κ3) is 2.35. The second-order valence-corrected chi connectivity index (χ2v) is 6.20. The number of hydrogen-bond acceptors (Lipinski definition) is 3. The number of pyridine rings is 1. The van der Waals surface area contributed by atoms with Gasteiger partial charge in [-0.1, -0.05) is 31.0 Å². The molecule has 0 bridgehead atoms. The molecule has 0 radical (unpaired) electrons. The average molecular weight is 324 g/mol. The van der Waals surface area contributed by atoms with E-state index in [1.165, 1.54) is 12.1 Å². The van der Waals surface area contributed by atoms with Gasteiger partial charge in [-0.15, -0.1) is 10.2 Å². The van der Waals surface area contributed by atoms with Gasteiger partial charge >= 0.3 is 0 Å². The number of benzene rings is 1. The van der Waals surface area contributed by atoms with Crippen LogP contribution in [-0.2, 0) is 10.2 Å². The molecule has 24 heavy (non-hydrogen) atoms. The molecule has 122 valence electrons. The molecule has 0 atom stereocenters. The van der Waals surface area contributed by atoms with Crippen LogP contribution in [0, 0.1) is 5.82 Å². The summed E-state index contributed by atoms with van der Waals surface area (Å²) in [6, 6.07) is 11.8. The zero-order chi connectivity index (χ0) is 16.6. The van der Waals surface area contributed by atoms with E-state index in [1.807, 2.05) is 24.4 Å². The Labute approximate surface area is 138 Å². The number of carbonyl (C=O) groups excluding carboxylic acids is 1. The highest BCUT2D eigenvalue weighted by Gasteiger charge is 2.43. The lowest BCUT2D eigenvalue weighted by Crippen LogP contribution is -2.38. The maximum Gasteiger partial charge on any atom is 0.237 e. The summed E-state index contributed by atoms with van der Waals surface area (Å²) in [5.74, 6) is 0.00417. The molecule has 2 aromatic heterocycles. The Kier molecular flexibility index (Phi) is 3.52. The van der Waals surface area contributed by atoms with Crippen molar-refractivity contribution < 1.29 is 9.18 Å². The molecule has 1 saturated carbocycles. The molecule has 0 unspecified atom stereocenters. The standard InChI is InChI=1S/C18H17FN4O/c19-14-8-6-13(7-9-14)18(10-2-3-11-18)16(24)20-17-22-21-15-5-1-4-12-23(15)17/h1,4-9,12H,2-3,10-11H2,(H,20,22,24). The fraction of sp³-hybridized carbons (Fsp3) is 0.278. The van der Waals surface area contributed by atoms with E-state index >= 15 is 0 Å². The number of amides is 1. The molecule has 1 aliphatic carbocycles. The summed E-state index contributed by atoms with van der Waals surface area (Å²) in [5.41, 5.74) is 0.900. The van der Waals surface area contributed by atoms with Crippen LogP contribution in [0.3, 0.4) is 0 Å². The van der Waals surface area contributed by atoms with Gasteiger partial charge < -0.3 is 0 Å². The predicted molar refractivity (Wildman–Crippen MR) is 88.2 cm³/mol. The van der Waals surface area contributed by atoms with E-state index in [1.54, 1.807) is 16.5 Å². The molecule has 3 aromatic rings. The number of halogens is 1. The first-order valence-electron chi connectivity index (χ1n) is 8.06. The molecular weight excluding hydrogens is 307 g/mol. The van der Waals surface area contributed by atoms with Crippen molar-refractivity contribution in [3.8, 4) is 0 Å². The summed E-state index contributed by atoms with van der Waals surface area (Å²) < 4.78 is 15.0. The Balaban J connectivity index is 1.69. The van der Waals surface area contributed by atoms with Crippen LogP contribution in [-0.4, -0.2) is 20.5 Å². The average Bonchev–Trinajstić information content (AvgIpc) is 3.24. The third-order valence-electron chi connectivity index (χ3n) is 4.83. The van der Waals surface area contributed by atoms with Gasteiger partial charge in [-0.2, -0.15) is 0 Å². The quantitative estimate of drug-likeness (QED) is 0.804. The lowest BCUT2D eigenvalue weighted by molar-refractivity contribution is -0.121. The number of nitrogens with one attached hydrogen (secondary N) is 1. The van der Waals surface area contributed by atoms with E-state index in [9.17, 15) is 9.18 Å². The van der Waals surface area contributed by atoms with Crippen molar-refractivity contribution >= 4 is 17.5 Å². The summed E-state index contributed by atoms with van der Waals surface area (Å²) in [6.45, 7) is 0. The van der Waals surface area contributed by atoms with Gasteiger partial charge in [0, 0.05) is 6.20 Å². The van der Waals surface area contributed by atoms with Crippen molar-refractivity contribution in [3.63, 3.8) is 0 Å². The summed E-state index contributed by atoms with van der Waals surface area (Å²) in [7, 11) is 0. The van der Waals surface area contributed by atoms with Crippen LogP contribution in [0.2, 0.25) is 0 Å². The molecule has 5 nitrogen and oxygen atoms in total. The first kappa shape index (κ1) is 14.8. The third-order valence-corrected chi connectivity index (χ3v) is 4.83. The summed E-state index contributed by atoms with van der Waals surface area (Å²) >= 11 is 0. The number of fused-ring (bicyclic) bond motifs is 1. The SMILES string of the molecule is O=C(Nc1nnc2ccccn12)C1(c2ccc(F)cc2)CCCC1. The monoisotopic (exact) mass is 324 g/mol. The maximum absolute atomic E-state index is 13.3. The van der Waals surface area contributed by atoms with Crippen molar-refractivity contribution in [2.75, 3.05) is 5.32 Å². The zero-order valence-corrected chi connectivity index (χ0v) is 13.1. The number of anilines is 1. The van der Waals surface area contributed by atoms with Gasteiger partial charge in [0.25, 0.3) is 0 Å². The molecule has 1 aliphatic rings. The Hall–Kier alpha value is -2.76. The highest BCUT2D eigenvalue weighted by molar-refractivity contribution is 5.98. The summed E-state index contributed by atoms with van der Waals surface area (Å²) in [5, 5.41) is 11.0. The van der Waals surface area contributed by atoms with Gasteiger partial charge in [0.2, 0.25) is 11.9 Å². The lowest BCUT2D eigenvalue weighted by atomic mass is 9.78. The Morgan fingerprint density at radius 3 is 2.58 bits per heavy atom. The molecule has 1 amide bonds. The molecule has 1 fully saturated rings. The molecule has 0 saturated heterocycles. The molecular formula is C18H17FN4O. The first-order valence-corrected chi connectivity index (χ1v) is 8.06. The molecule has 6 heteroatoms. The topological polar surface area (TPSA) is 59.3 Å². The van der Waals surface area contributed by atoms with Crippen molar-refractivity contribution in [2.45, 2.75) is 31.1 Å². The number of nitrogens with zero attached hydrogens (tertiary/aromatic N) is 3. The number of aromatic nitrogens is 3. The van der Waals surface area contributed by atoms with Gasteiger partial charge in [-0.25, -0.2) is 4.39 Å². The lowest BCUT2D eigenvalue weighted by Gasteiger charge is -2.27. The normalized spacial score (nSPS) is 16.4. The number of carbonyl (C=O) groups is 1. The molecule has 0 aliphatic heterocycles. The fourth-order valence-electron chi connectivity index (χ4n) is 3.54. The minimum Gasteiger partial charge on any atom is -0.294 e. The Morgan fingerprint density at radius 2 is 1.83 bits per heavy atom. The van der Waals surface area contributed by atoms with Gasteiger partial charge in [0.15, 0.2) is 5.65 Å². The smallest absolute Gasteiger partial charge is 0.237 e. The fourth-order valence-corrected chi connectivity index (χ4v) is 3.54. The van der Waals surface area contributed by atoms with E-state index in [-0.39, 0.29) is 11.7 Å². The van der Waals surface area contributed by atoms with Gasteiger partial charge in [-0.3, -0.25) is 14.5 Å². The van der Waals surface area contributed by atoms with Gasteiger partial charge in [-0.05, 0) is 42.7 Å². The summed E-state index contributed by atoms with van der Waals surface area (Å²) in [4.78, 5) is 13.1. The predicted octanol–water partition coefficient (Wildman–Crippen LogP) is 3.32. The summed E-state index contributed by atoms with van der Waals surface area (Å²) in [6.07, 6.45) is 5.27. The van der Waals surface area contributed by atoms with E-state index in [0.717, 1.165) is 31.2 Å². The van der Waals surface area contributed by atoms with Gasteiger partial charge in [0.05, 0.1) is 5.41 Å². The molecule has 2 heterocycles. The largest absolute Gasteiger partial charge is 0.294 e.